The number of hydrogen-bond donors (Lipinski definition) is 2. The van der Waals surface area contributed by atoms with Gasteiger partial charge in [-0.15, -0.1) is 0 Å². The number of carbonyl (C=O) groups is 2. The van der Waals surface area contributed by atoms with E-state index in [4.69, 9.17) is 5.11 Å². The Morgan fingerprint density at radius 1 is 1.47 bits per heavy atom. The van der Waals surface area contributed by atoms with Crippen molar-refractivity contribution in [3.8, 4) is 0 Å². The van der Waals surface area contributed by atoms with E-state index in [0.717, 1.165) is 6.07 Å². The molecule has 0 radical (unpaired) electrons. The number of nitrogens with one attached hydrogen (secondary N) is 1. The molecule has 0 aliphatic carbocycles. The van der Waals surface area contributed by atoms with Gasteiger partial charge in [0.1, 0.15) is 6.04 Å². The number of aliphatic carboxylic acids is 1. The van der Waals surface area contributed by atoms with Gasteiger partial charge in [-0.1, -0.05) is 12.1 Å². The molecule has 7 heteroatoms. The smallest absolute Gasteiger partial charge is 0.322 e. The minimum absolute atomic E-state index is 0.0287. The lowest BCUT2D eigenvalue weighted by molar-refractivity contribution is -0.146. The van der Waals surface area contributed by atoms with E-state index in [2.05, 4.69) is 5.32 Å². The zero-order valence-electron chi connectivity index (χ0n) is 9.90. The summed E-state index contributed by atoms with van der Waals surface area (Å²) in [5.41, 5.74) is 0.0287. The van der Waals surface area contributed by atoms with Crippen molar-refractivity contribution >= 4 is 11.9 Å². The molecule has 1 unspecified atom stereocenters. The number of halogens is 2. The minimum atomic E-state index is -1.11. The summed E-state index contributed by atoms with van der Waals surface area (Å²) < 4.78 is 26.6. The standard InChI is InChI=1S/C12H12F2N2O3/c13-8-3-1-2-7(11(8)14)5-16-6-10(17)15-4-9(16)12(18)19/h1-3,9H,4-6H2,(H,15,17)(H,18,19). The molecular weight excluding hydrogens is 258 g/mol. The summed E-state index contributed by atoms with van der Waals surface area (Å²) in [6, 6.07) is 2.74. The molecule has 1 aromatic carbocycles. The lowest BCUT2D eigenvalue weighted by Gasteiger charge is -2.32. The molecule has 1 fully saturated rings. The molecular formula is C12H12F2N2O3. The second-order valence-corrected chi connectivity index (χ2v) is 4.28. The Balaban J connectivity index is 2.21. The Kier molecular flexibility index (Phi) is 3.75. The second-order valence-electron chi connectivity index (χ2n) is 4.28. The lowest BCUT2D eigenvalue weighted by atomic mass is 10.1. The van der Waals surface area contributed by atoms with Crippen molar-refractivity contribution in [2.75, 3.05) is 13.1 Å². The summed E-state index contributed by atoms with van der Waals surface area (Å²) in [6.45, 7) is -0.341. The van der Waals surface area contributed by atoms with Crippen LogP contribution >= 0.6 is 0 Å². The SMILES string of the molecule is O=C1CN(Cc2cccc(F)c2F)C(C(=O)O)CN1. The van der Waals surface area contributed by atoms with Crippen LogP contribution in [-0.4, -0.2) is 41.0 Å². The number of amides is 1. The molecule has 0 bridgehead atoms. The van der Waals surface area contributed by atoms with E-state index in [9.17, 15) is 18.4 Å². The van der Waals surface area contributed by atoms with Crippen molar-refractivity contribution in [2.24, 2.45) is 0 Å². The first-order valence-electron chi connectivity index (χ1n) is 5.65. The van der Waals surface area contributed by atoms with E-state index in [1.54, 1.807) is 0 Å². The van der Waals surface area contributed by atoms with E-state index < -0.39 is 23.6 Å². The molecule has 1 atom stereocenters. The van der Waals surface area contributed by atoms with Gasteiger partial charge in [0.05, 0.1) is 6.54 Å². The van der Waals surface area contributed by atoms with E-state index in [1.165, 1.54) is 17.0 Å². The summed E-state index contributed by atoms with van der Waals surface area (Å²) in [5.74, 6) is -3.46. The van der Waals surface area contributed by atoms with Crippen LogP contribution in [0.2, 0.25) is 0 Å². The number of piperazine rings is 1. The van der Waals surface area contributed by atoms with Crippen molar-refractivity contribution in [3.05, 3.63) is 35.4 Å². The number of carbonyl (C=O) groups excluding carboxylic acids is 1. The van der Waals surface area contributed by atoms with Crippen LogP contribution < -0.4 is 5.32 Å². The van der Waals surface area contributed by atoms with Gasteiger partial charge in [-0.3, -0.25) is 14.5 Å². The molecule has 1 saturated heterocycles. The highest BCUT2D eigenvalue weighted by Gasteiger charge is 2.32. The van der Waals surface area contributed by atoms with Crippen LogP contribution in [0.4, 0.5) is 8.78 Å². The zero-order valence-corrected chi connectivity index (χ0v) is 9.90. The molecule has 1 heterocycles. The van der Waals surface area contributed by atoms with E-state index >= 15 is 0 Å². The topological polar surface area (TPSA) is 69.6 Å². The average molecular weight is 270 g/mol. The van der Waals surface area contributed by atoms with Gasteiger partial charge in [-0.2, -0.15) is 0 Å². The fourth-order valence-corrected chi connectivity index (χ4v) is 1.99. The Morgan fingerprint density at radius 3 is 2.89 bits per heavy atom. The Labute approximate surface area is 107 Å². The van der Waals surface area contributed by atoms with Crippen LogP contribution in [0, 0.1) is 11.6 Å². The number of benzene rings is 1. The van der Waals surface area contributed by atoms with Gasteiger partial charge in [0.15, 0.2) is 11.6 Å². The van der Waals surface area contributed by atoms with Gasteiger partial charge < -0.3 is 10.4 Å². The van der Waals surface area contributed by atoms with Crippen molar-refractivity contribution in [1.82, 2.24) is 10.2 Å². The highest BCUT2D eigenvalue weighted by atomic mass is 19.2. The van der Waals surface area contributed by atoms with Crippen LogP contribution in [0.25, 0.3) is 0 Å². The molecule has 0 spiro atoms. The highest BCUT2D eigenvalue weighted by Crippen LogP contribution is 2.16. The van der Waals surface area contributed by atoms with E-state index in [-0.39, 0.29) is 31.1 Å². The van der Waals surface area contributed by atoms with Crippen molar-refractivity contribution in [1.29, 1.82) is 0 Å². The molecule has 19 heavy (non-hydrogen) atoms. The molecule has 2 rings (SSSR count). The third kappa shape index (κ3) is 2.87. The highest BCUT2D eigenvalue weighted by molar-refractivity contribution is 5.83. The molecule has 1 amide bonds. The molecule has 1 aromatic rings. The summed E-state index contributed by atoms with van der Waals surface area (Å²) in [5, 5.41) is 11.5. The molecule has 0 saturated carbocycles. The minimum Gasteiger partial charge on any atom is -0.480 e. The lowest BCUT2D eigenvalue weighted by Crippen LogP contribution is -2.57. The predicted octanol–water partition coefficient (Wildman–Crippen LogP) is 0.350. The van der Waals surface area contributed by atoms with Gasteiger partial charge in [0.2, 0.25) is 5.91 Å². The van der Waals surface area contributed by atoms with Gasteiger partial charge in [-0.25, -0.2) is 8.78 Å². The number of carboxylic acids is 1. The van der Waals surface area contributed by atoms with Gasteiger partial charge >= 0.3 is 5.97 Å². The maximum atomic E-state index is 13.5. The normalized spacial score (nSPS) is 20.1. The number of rotatable bonds is 3. The average Bonchev–Trinajstić information content (AvgIpc) is 2.35. The van der Waals surface area contributed by atoms with Crippen molar-refractivity contribution in [3.63, 3.8) is 0 Å². The van der Waals surface area contributed by atoms with Crippen LogP contribution in [0.15, 0.2) is 18.2 Å². The van der Waals surface area contributed by atoms with Crippen molar-refractivity contribution < 1.29 is 23.5 Å². The fraction of sp³-hybridized carbons (Fsp3) is 0.333. The molecule has 102 valence electrons. The fourth-order valence-electron chi connectivity index (χ4n) is 1.99. The van der Waals surface area contributed by atoms with E-state index in [1.807, 2.05) is 0 Å². The maximum Gasteiger partial charge on any atom is 0.322 e. The Hall–Kier alpha value is -2.02. The zero-order chi connectivity index (χ0) is 14.0. The molecule has 0 aromatic heterocycles. The molecule has 1 aliphatic heterocycles. The first-order chi connectivity index (χ1) is 8.99. The predicted molar refractivity (Wildman–Crippen MR) is 61.2 cm³/mol. The quantitative estimate of drug-likeness (QED) is 0.831. The third-order valence-corrected chi connectivity index (χ3v) is 2.97. The first kappa shape index (κ1) is 13.4. The maximum absolute atomic E-state index is 13.5. The summed E-state index contributed by atoms with van der Waals surface area (Å²) in [7, 11) is 0. The monoisotopic (exact) mass is 270 g/mol. The molecule has 5 nitrogen and oxygen atoms in total. The molecule has 2 N–H and O–H groups in total. The first-order valence-corrected chi connectivity index (χ1v) is 5.65. The van der Waals surface area contributed by atoms with Gasteiger partial charge in [0.25, 0.3) is 0 Å². The largest absolute Gasteiger partial charge is 0.480 e. The Bertz CT molecular complexity index is 522. The summed E-state index contributed by atoms with van der Waals surface area (Å²) in [4.78, 5) is 23.6. The number of hydrogen-bond acceptors (Lipinski definition) is 3. The van der Waals surface area contributed by atoms with Crippen LogP contribution in [0.1, 0.15) is 5.56 Å². The number of nitrogens with zero attached hydrogens (tertiary/aromatic N) is 1. The van der Waals surface area contributed by atoms with E-state index in [0.29, 0.717) is 0 Å². The summed E-state index contributed by atoms with van der Waals surface area (Å²) >= 11 is 0. The van der Waals surface area contributed by atoms with Gasteiger partial charge in [-0.05, 0) is 6.07 Å². The van der Waals surface area contributed by atoms with Crippen molar-refractivity contribution in [2.45, 2.75) is 12.6 Å². The number of carboxylic acid groups (broad SMARTS) is 1. The van der Waals surface area contributed by atoms with Crippen LogP contribution in [-0.2, 0) is 16.1 Å². The molecule has 1 aliphatic rings. The second kappa shape index (κ2) is 5.31. The Morgan fingerprint density at radius 2 is 2.21 bits per heavy atom. The summed E-state index contributed by atoms with van der Waals surface area (Å²) in [6.07, 6.45) is 0. The van der Waals surface area contributed by atoms with Crippen LogP contribution in [0.3, 0.4) is 0 Å². The van der Waals surface area contributed by atoms with Gasteiger partial charge in [0, 0.05) is 18.7 Å². The van der Waals surface area contributed by atoms with Crippen LogP contribution in [0.5, 0.6) is 0 Å². The third-order valence-electron chi connectivity index (χ3n) is 2.97.